The van der Waals surface area contributed by atoms with Crippen LogP contribution in [-0.4, -0.2) is 57.2 Å². The van der Waals surface area contributed by atoms with Crippen molar-refractivity contribution in [2.24, 2.45) is 0 Å². The zero-order valence-corrected chi connectivity index (χ0v) is 17.2. The Morgan fingerprint density at radius 1 is 1.22 bits per heavy atom. The van der Waals surface area contributed by atoms with Crippen LogP contribution in [0.1, 0.15) is 15.9 Å². The molecule has 0 bridgehead atoms. The van der Waals surface area contributed by atoms with Crippen LogP contribution in [0.15, 0.2) is 46.0 Å². The van der Waals surface area contributed by atoms with Crippen LogP contribution in [0.25, 0.3) is 0 Å². The first-order chi connectivity index (χ1) is 13.1. The number of carbonyl (C=O) groups is 1. The molecule has 2 aromatic rings. The fourth-order valence-electron chi connectivity index (χ4n) is 2.70. The van der Waals surface area contributed by atoms with Crippen LogP contribution < -0.4 is 5.32 Å². The number of rotatable bonds is 8. The lowest BCUT2D eigenvalue weighted by atomic mass is 10.2. The third-order valence-corrected chi connectivity index (χ3v) is 7.82. The number of thioether (sulfide) groups is 1. The number of amides is 1. The van der Waals surface area contributed by atoms with Crippen molar-refractivity contribution in [3.63, 3.8) is 0 Å². The van der Waals surface area contributed by atoms with Crippen molar-refractivity contribution < 1.29 is 17.9 Å². The van der Waals surface area contributed by atoms with E-state index < -0.39 is 10.0 Å². The van der Waals surface area contributed by atoms with Crippen LogP contribution >= 0.6 is 23.1 Å². The highest BCUT2D eigenvalue weighted by atomic mass is 32.2. The molecule has 2 heterocycles. The molecule has 6 nitrogen and oxygen atoms in total. The van der Waals surface area contributed by atoms with Crippen molar-refractivity contribution in [1.29, 1.82) is 0 Å². The summed E-state index contributed by atoms with van der Waals surface area (Å²) in [6.07, 6.45) is 0. The summed E-state index contributed by atoms with van der Waals surface area (Å²) in [6, 6.07) is 8.45. The highest BCUT2D eigenvalue weighted by Crippen LogP contribution is 2.21. The number of benzene rings is 1. The summed E-state index contributed by atoms with van der Waals surface area (Å²) in [5.41, 5.74) is 1.46. The van der Waals surface area contributed by atoms with Crippen LogP contribution in [0.3, 0.4) is 0 Å². The van der Waals surface area contributed by atoms with Gasteiger partial charge in [0.05, 0.1) is 23.7 Å². The number of nitrogens with zero attached hydrogens (tertiary/aromatic N) is 1. The Kier molecular flexibility index (Phi) is 7.31. The van der Waals surface area contributed by atoms with Gasteiger partial charge in [-0.15, -0.1) is 0 Å². The first kappa shape index (κ1) is 20.3. The number of sulfonamides is 1. The summed E-state index contributed by atoms with van der Waals surface area (Å²) < 4.78 is 32.4. The Hall–Kier alpha value is -1.39. The van der Waals surface area contributed by atoms with Crippen LogP contribution in [0, 0.1) is 0 Å². The van der Waals surface area contributed by atoms with E-state index in [4.69, 9.17) is 4.74 Å². The predicted molar refractivity (Wildman–Crippen MR) is 109 cm³/mol. The second-order valence-electron chi connectivity index (χ2n) is 5.95. The van der Waals surface area contributed by atoms with Crippen molar-refractivity contribution in [3.05, 3.63) is 52.2 Å². The molecule has 0 unspecified atom stereocenters. The van der Waals surface area contributed by atoms with Crippen molar-refractivity contribution in [2.75, 3.05) is 38.6 Å². The molecule has 1 N–H and O–H groups in total. The summed E-state index contributed by atoms with van der Waals surface area (Å²) >= 11 is 3.40. The molecule has 146 valence electrons. The Bertz CT molecular complexity index is 847. The molecule has 0 saturated carbocycles. The number of ether oxygens (including phenoxy) is 1. The van der Waals surface area contributed by atoms with Gasteiger partial charge in [-0.2, -0.15) is 27.4 Å². The van der Waals surface area contributed by atoms with Gasteiger partial charge in [0, 0.05) is 31.1 Å². The van der Waals surface area contributed by atoms with Crippen molar-refractivity contribution in [2.45, 2.75) is 10.6 Å². The van der Waals surface area contributed by atoms with Gasteiger partial charge < -0.3 is 10.1 Å². The lowest BCUT2D eigenvalue weighted by Crippen LogP contribution is -2.41. The Labute approximate surface area is 168 Å². The number of thiophene rings is 1. The van der Waals surface area contributed by atoms with Gasteiger partial charge in [0.15, 0.2) is 0 Å². The van der Waals surface area contributed by atoms with Gasteiger partial charge in [0.25, 0.3) is 5.91 Å². The van der Waals surface area contributed by atoms with E-state index in [1.54, 1.807) is 41.3 Å². The second-order valence-corrected chi connectivity index (χ2v) is 9.74. The molecular formula is C18H22N2O4S3. The van der Waals surface area contributed by atoms with Gasteiger partial charge in [-0.05, 0) is 34.5 Å². The summed E-state index contributed by atoms with van der Waals surface area (Å²) in [5, 5.41) is 6.98. The molecule has 1 aromatic heterocycles. The lowest BCUT2D eigenvalue weighted by molar-refractivity contribution is 0.0730. The van der Waals surface area contributed by atoms with Crippen LogP contribution in [-0.2, 0) is 20.5 Å². The standard InChI is InChI=1S/C18H22N2O4S3/c21-18(19-6-12-26-14-15-5-11-25-13-15)16-3-1-2-4-17(16)27(22,23)20-7-9-24-10-8-20/h1-5,11,13H,6-10,12,14H2,(H,19,21). The van der Waals surface area contributed by atoms with E-state index in [9.17, 15) is 13.2 Å². The SMILES string of the molecule is O=C(NCCSCc1ccsc1)c1ccccc1S(=O)(=O)N1CCOCC1. The first-order valence-corrected chi connectivity index (χ1v) is 12.2. The maximum absolute atomic E-state index is 12.9. The summed E-state index contributed by atoms with van der Waals surface area (Å²) in [7, 11) is -3.71. The minimum atomic E-state index is -3.71. The van der Waals surface area contributed by atoms with E-state index >= 15 is 0 Å². The van der Waals surface area contributed by atoms with E-state index in [0.29, 0.717) is 32.8 Å². The van der Waals surface area contributed by atoms with Crippen molar-refractivity contribution >= 4 is 39.0 Å². The Balaban J connectivity index is 1.60. The number of nitrogens with one attached hydrogen (secondary N) is 1. The molecule has 1 aliphatic heterocycles. The fraction of sp³-hybridized carbons (Fsp3) is 0.389. The summed E-state index contributed by atoms with van der Waals surface area (Å²) in [5.74, 6) is 1.31. The number of carbonyl (C=O) groups excluding carboxylic acids is 1. The molecule has 27 heavy (non-hydrogen) atoms. The minimum Gasteiger partial charge on any atom is -0.379 e. The fourth-order valence-corrected chi connectivity index (χ4v) is 5.88. The average Bonchev–Trinajstić information content (AvgIpc) is 3.22. The average molecular weight is 427 g/mol. The highest BCUT2D eigenvalue weighted by Gasteiger charge is 2.29. The number of morpholine rings is 1. The quantitative estimate of drug-likeness (QED) is 0.656. The largest absolute Gasteiger partial charge is 0.379 e. The molecule has 1 saturated heterocycles. The van der Waals surface area contributed by atoms with Crippen LogP contribution in [0.2, 0.25) is 0 Å². The minimum absolute atomic E-state index is 0.0512. The van der Waals surface area contributed by atoms with E-state index in [-0.39, 0.29) is 16.4 Å². The van der Waals surface area contributed by atoms with Gasteiger partial charge in [-0.25, -0.2) is 8.42 Å². The predicted octanol–water partition coefficient (Wildman–Crippen LogP) is 2.43. The first-order valence-electron chi connectivity index (χ1n) is 8.63. The molecule has 0 spiro atoms. The van der Waals surface area contributed by atoms with Gasteiger partial charge in [0.2, 0.25) is 10.0 Å². The molecule has 1 aliphatic rings. The van der Waals surface area contributed by atoms with Crippen molar-refractivity contribution in [1.82, 2.24) is 9.62 Å². The summed E-state index contributed by atoms with van der Waals surface area (Å²) in [6.45, 7) is 1.83. The molecule has 3 rings (SSSR count). The van der Waals surface area contributed by atoms with Gasteiger partial charge in [-0.1, -0.05) is 12.1 Å². The Morgan fingerprint density at radius 2 is 2.00 bits per heavy atom. The second kappa shape index (κ2) is 9.70. The molecule has 0 atom stereocenters. The smallest absolute Gasteiger partial charge is 0.252 e. The maximum atomic E-state index is 12.9. The summed E-state index contributed by atoms with van der Waals surface area (Å²) in [4.78, 5) is 12.6. The van der Waals surface area contributed by atoms with Crippen LogP contribution in [0.4, 0.5) is 0 Å². The molecule has 0 radical (unpaired) electrons. The van der Waals surface area contributed by atoms with Gasteiger partial charge >= 0.3 is 0 Å². The van der Waals surface area contributed by atoms with E-state index in [2.05, 4.69) is 16.8 Å². The monoisotopic (exact) mass is 426 g/mol. The topological polar surface area (TPSA) is 75.7 Å². The zero-order valence-electron chi connectivity index (χ0n) is 14.8. The molecule has 1 fully saturated rings. The third-order valence-electron chi connectivity index (χ3n) is 4.10. The number of hydrogen-bond donors (Lipinski definition) is 1. The number of hydrogen-bond acceptors (Lipinski definition) is 6. The normalized spacial score (nSPS) is 15.6. The molecular weight excluding hydrogens is 404 g/mol. The molecule has 1 aromatic carbocycles. The molecule has 1 amide bonds. The highest BCUT2D eigenvalue weighted by molar-refractivity contribution is 7.98. The molecule has 0 aliphatic carbocycles. The Morgan fingerprint density at radius 3 is 2.74 bits per heavy atom. The van der Waals surface area contributed by atoms with Gasteiger partial charge in [0.1, 0.15) is 0 Å². The van der Waals surface area contributed by atoms with Crippen LogP contribution in [0.5, 0.6) is 0 Å². The van der Waals surface area contributed by atoms with E-state index in [1.165, 1.54) is 15.9 Å². The third kappa shape index (κ3) is 5.32. The van der Waals surface area contributed by atoms with Gasteiger partial charge in [-0.3, -0.25) is 4.79 Å². The van der Waals surface area contributed by atoms with E-state index in [0.717, 1.165) is 11.5 Å². The zero-order chi connectivity index (χ0) is 19.1. The lowest BCUT2D eigenvalue weighted by Gasteiger charge is -2.26. The maximum Gasteiger partial charge on any atom is 0.252 e. The van der Waals surface area contributed by atoms with E-state index in [1.807, 2.05) is 5.38 Å². The van der Waals surface area contributed by atoms with Crippen molar-refractivity contribution in [3.8, 4) is 0 Å². The molecule has 9 heteroatoms.